The Morgan fingerprint density at radius 2 is 1.34 bits per heavy atom. The summed E-state index contributed by atoms with van der Waals surface area (Å²) in [6, 6.07) is 5.55. The van der Waals surface area contributed by atoms with Gasteiger partial charge in [0.2, 0.25) is 20.0 Å². The van der Waals surface area contributed by atoms with Crippen LogP contribution >= 0.6 is 11.3 Å². The maximum absolute atomic E-state index is 13.2. The number of alkyl halides is 3. The quantitative estimate of drug-likeness (QED) is 0.691. The van der Waals surface area contributed by atoms with E-state index in [0.29, 0.717) is 4.88 Å². The molecule has 0 spiro atoms. The highest BCUT2D eigenvalue weighted by atomic mass is 32.2. The number of piperazine rings is 1. The summed E-state index contributed by atoms with van der Waals surface area (Å²) in [5.41, 5.74) is -1.24. The first-order chi connectivity index (χ1) is 13.3. The number of sulfonamides is 2. The molecule has 0 atom stereocenters. The van der Waals surface area contributed by atoms with Gasteiger partial charge in [-0.15, -0.1) is 11.3 Å². The number of aryl methyl sites for hydroxylation is 2. The van der Waals surface area contributed by atoms with Gasteiger partial charge in [-0.1, -0.05) is 12.1 Å². The normalized spacial score (nSPS) is 17.6. The van der Waals surface area contributed by atoms with Crippen molar-refractivity contribution in [3.63, 3.8) is 0 Å². The number of rotatable bonds is 4. The Kier molecular flexibility index (Phi) is 5.86. The Hall–Kier alpha value is -1.47. The molecular formula is C17H19F3N2O4S3. The molecule has 3 rings (SSSR count). The van der Waals surface area contributed by atoms with E-state index in [1.165, 1.54) is 21.7 Å². The molecule has 1 saturated heterocycles. The lowest BCUT2D eigenvalue weighted by Crippen LogP contribution is -2.50. The lowest BCUT2D eigenvalue weighted by molar-refractivity contribution is -0.139. The van der Waals surface area contributed by atoms with Gasteiger partial charge in [-0.25, -0.2) is 16.8 Å². The van der Waals surface area contributed by atoms with Gasteiger partial charge in [-0.05, 0) is 32.0 Å². The van der Waals surface area contributed by atoms with Crippen molar-refractivity contribution in [3.8, 4) is 0 Å². The smallest absolute Gasteiger partial charge is 0.207 e. The molecule has 2 aromatic rings. The Labute approximate surface area is 171 Å². The van der Waals surface area contributed by atoms with Gasteiger partial charge in [-0.3, -0.25) is 0 Å². The van der Waals surface area contributed by atoms with Gasteiger partial charge < -0.3 is 0 Å². The monoisotopic (exact) mass is 468 g/mol. The first-order valence-electron chi connectivity index (χ1n) is 8.58. The Balaban J connectivity index is 1.83. The van der Waals surface area contributed by atoms with Gasteiger partial charge in [-0.2, -0.15) is 21.8 Å². The van der Waals surface area contributed by atoms with Gasteiger partial charge in [0, 0.05) is 35.9 Å². The number of nitrogens with zero attached hydrogens (tertiary/aromatic N) is 2. The third-order valence-electron chi connectivity index (χ3n) is 4.62. The average molecular weight is 469 g/mol. The number of benzene rings is 1. The first kappa shape index (κ1) is 22.2. The van der Waals surface area contributed by atoms with Crippen molar-refractivity contribution >= 4 is 31.4 Å². The van der Waals surface area contributed by atoms with E-state index in [1.54, 1.807) is 19.9 Å². The summed E-state index contributed by atoms with van der Waals surface area (Å²) in [4.78, 5) is 0.828. The number of thiophene rings is 1. The van der Waals surface area contributed by atoms with Gasteiger partial charge in [0.25, 0.3) is 0 Å². The predicted molar refractivity (Wildman–Crippen MR) is 103 cm³/mol. The van der Waals surface area contributed by atoms with E-state index in [1.807, 2.05) is 0 Å². The first-order valence-corrected chi connectivity index (χ1v) is 12.3. The minimum absolute atomic E-state index is 0.135. The fraction of sp³-hybridized carbons (Fsp3) is 0.412. The van der Waals surface area contributed by atoms with E-state index in [4.69, 9.17) is 0 Å². The Morgan fingerprint density at radius 3 is 1.79 bits per heavy atom. The molecule has 0 radical (unpaired) electrons. The van der Waals surface area contributed by atoms with Gasteiger partial charge >= 0.3 is 6.18 Å². The second-order valence-corrected chi connectivity index (χ2v) is 11.9. The standard InChI is InChI=1S/C17H19F3N2O4S3/c1-12-11-16(13(2)27-12)29(25,26)22-9-7-21(8-10-22)28(23,24)15-6-4-3-5-14(15)17(18,19)20/h3-6,11H,7-10H2,1-2H3. The van der Waals surface area contributed by atoms with Crippen LogP contribution in [-0.2, 0) is 26.2 Å². The molecule has 1 aromatic carbocycles. The molecule has 0 aliphatic carbocycles. The molecule has 160 valence electrons. The van der Waals surface area contributed by atoms with Crippen LogP contribution in [-0.4, -0.2) is 51.6 Å². The molecule has 12 heteroatoms. The topological polar surface area (TPSA) is 74.8 Å². The summed E-state index contributed by atoms with van der Waals surface area (Å²) < 4.78 is 93.0. The van der Waals surface area contributed by atoms with E-state index in [2.05, 4.69) is 0 Å². The van der Waals surface area contributed by atoms with Crippen molar-refractivity contribution in [3.05, 3.63) is 45.6 Å². The highest BCUT2D eigenvalue weighted by Gasteiger charge is 2.40. The molecule has 29 heavy (non-hydrogen) atoms. The van der Waals surface area contributed by atoms with E-state index in [9.17, 15) is 30.0 Å². The molecule has 1 aromatic heterocycles. The summed E-state index contributed by atoms with van der Waals surface area (Å²) in [5, 5.41) is 0. The zero-order valence-corrected chi connectivity index (χ0v) is 18.1. The Bertz CT molecular complexity index is 1120. The summed E-state index contributed by atoms with van der Waals surface area (Å²) in [6.45, 7) is 2.76. The van der Waals surface area contributed by atoms with Gasteiger partial charge in [0.1, 0.15) is 0 Å². The molecule has 0 saturated carbocycles. The molecule has 0 bridgehead atoms. The van der Waals surface area contributed by atoms with Crippen molar-refractivity contribution in [2.75, 3.05) is 26.2 Å². The maximum Gasteiger partial charge on any atom is 0.417 e. The lowest BCUT2D eigenvalue weighted by Gasteiger charge is -2.33. The summed E-state index contributed by atoms with van der Waals surface area (Å²) in [6.07, 6.45) is -4.82. The second-order valence-electron chi connectivity index (χ2n) is 6.58. The van der Waals surface area contributed by atoms with Crippen molar-refractivity contribution in [2.45, 2.75) is 29.8 Å². The largest absolute Gasteiger partial charge is 0.417 e. The Morgan fingerprint density at radius 1 is 0.862 bits per heavy atom. The lowest BCUT2D eigenvalue weighted by atomic mass is 10.2. The minimum Gasteiger partial charge on any atom is -0.207 e. The van der Waals surface area contributed by atoms with E-state index in [0.717, 1.165) is 27.4 Å². The zero-order valence-electron chi connectivity index (χ0n) is 15.6. The third-order valence-corrected chi connectivity index (χ3v) is 9.70. The molecule has 6 nitrogen and oxygen atoms in total. The van der Waals surface area contributed by atoms with Crippen LogP contribution in [0.2, 0.25) is 0 Å². The summed E-state index contributed by atoms with van der Waals surface area (Å²) in [7, 11) is -8.21. The van der Waals surface area contributed by atoms with E-state index < -0.39 is 36.7 Å². The maximum atomic E-state index is 13.2. The van der Waals surface area contributed by atoms with Crippen molar-refractivity contribution in [1.29, 1.82) is 0 Å². The molecule has 0 unspecified atom stereocenters. The van der Waals surface area contributed by atoms with Crippen molar-refractivity contribution < 1.29 is 30.0 Å². The van der Waals surface area contributed by atoms with Crippen LogP contribution in [0.25, 0.3) is 0 Å². The third kappa shape index (κ3) is 4.22. The van der Waals surface area contributed by atoms with Crippen molar-refractivity contribution in [2.24, 2.45) is 0 Å². The zero-order chi connectivity index (χ0) is 21.6. The molecule has 1 aliphatic rings. The van der Waals surface area contributed by atoms with Gasteiger partial charge in [0.05, 0.1) is 15.4 Å². The molecule has 0 N–H and O–H groups in total. The van der Waals surface area contributed by atoms with E-state index in [-0.39, 0.29) is 31.1 Å². The van der Waals surface area contributed by atoms with Gasteiger partial charge in [0.15, 0.2) is 0 Å². The highest BCUT2D eigenvalue weighted by molar-refractivity contribution is 7.89. The fourth-order valence-electron chi connectivity index (χ4n) is 3.22. The van der Waals surface area contributed by atoms with Crippen LogP contribution in [0.5, 0.6) is 0 Å². The second kappa shape index (κ2) is 7.65. The average Bonchev–Trinajstić information content (AvgIpc) is 3.00. The van der Waals surface area contributed by atoms with Crippen LogP contribution in [0.4, 0.5) is 13.2 Å². The van der Waals surface area contributed by atoms with Crippen molar-refractivity contribution in [1.82, 2.24) is 8.61 Å². The van der Waals surface area contributed by atoms with Crippen LogP contribution in [0.15, 0.2) is 40.1 Å². The minimum atomic E-state index is -4.82. The van der Waals surface area contributed by atoms with Crippen LogP contribution < -0.4 is 0 Å². The van der Waals surface area contributed by atoms with Crippen LogP contribution in [0, 0.1) is 13.8 Å². The fourth-order valence-corrected chi connectivity index (χ4v) is 7.80. The number of hydrogen-bond donors (Lipinski definition) is 0. The summed E-state index contributed by atoms with van der Waals surface area (Å²) >= 11 is 1.35. The van der Waals surface area contributed by atoms with Crippen LogP contribution in [0.3, 0.4) is 0 Å². The number of hydrogen-bond acceptors (Lipinski definition) is 5. The SMILES string of the molecule is Cc1cc(S(=O)(=O)N2CCN(S(=O)(=O)c3ccccc3C(F)(F)F)CC2)c(C)s1. The predicted octanol–water partition coefficient (Wildman–Crippen LogP) is 3.08. The molecule has 0 amide bonds. The molecule has 2 heterocycles. The molecule has 1 fully saturated rings. The highest BCUT2D eigenvalue weighted by Crippen LogP contribution is 2.35. The molecular weight excluding hydrogens is 449 g/mol. The van der Waals surface area contributed by atoms with Crippen LogP contribution in [0.1, 0.15) is 15.3 Å². The number of halogens is 3. The summed E-state index contributed by atoms with van der Waals surface area (Å²) in [5.74, 6) is 0. The molecule has 1 aliphatic heterocycles. The van der Waals surface area contributed by atoms with E-state index >= 15 is 0 Å².